The predicted octanol–water partition coefficient (Wildman–Crippen LogP) is 3.47. The van der Waals surface area contributed by atoms with Gasteiger partial charge in [-0.3, -0.25) is 0 Å². The fraction of sp³-hybridized carbons (Fsp3) is 0.357. The largest absolute Gasteiger partial charge is 0.356 e. The van der Waals surface area contributed by atoms with Crippen LogP contribution in [0.4, 0.5) is 14.6 Å². The number of piperidine rings is 1. The lowest BCUT2D eigenvalue weighted by Gasteiger charge is -2.32. The molecule has 1 fully saturated rings. The van der Waals surface area contributed by atoms with Crippen LogP contribution in [0.3, 0.4) is 0 Å². The number of hydrogen-bond acceptors (Lipinski definition) is 2. The highest BCUT2D eigenvalue weighted by Crippen LogP contribution is 2.30. The van der Waals surface area contributed by atoms with Gasteiger partial charge >= 0.3 is 0 Å². The van der Waals surface area contributed by atoms with Crippen LogP contribution in [-0.2, 0) is 0 Å². The molecule has 94 valence electrons. The molecular weight excluding hydrogens is 234 g/mol. The van der Waals surface area contributed by atoms with Gasteiger partial charge in [0.1, 0.15) is 5.82 Å². The molecule has 4 heteroatoms. The van der Waals surface area contributed by atoms with Gasteiger partial charge < -0.3 is 4.90 Å². The highest BCUT2D eigenvalue weighted by molar-refractivity contribution is 5.80. The Balaban J connectivity index is 1.87. The SMILES string of the molecule is FC1(F)CCN(c2ccc3ccccc3n2)CC1. The Morgan fingerprint density at radius 1 is 1.00 bits per heavy atom. The fourth-order valence-electron chi connectivity index (χ4n) is 2.29. The third-order valence-corrected chi connectivity index (χ3v) is 3.40. The van der Waals surface area contributed by atoms with E-state index in [1.807, 2.05) is 41.3 Å². The molecule has 0 atom stereocenters. The van der Waals surface area contributed by atoms with Gasteiger partial charge in [0, 0.05) is 31.3 Å². The molecule has 1 aromatic heterocycles. The van der Waals surface area contributed by atoms with E-state index in [2.05, 4.69) is 4.98 Å². The molecule has 0 saturated carbocycles. The zero-order valence-electron chi connectivity index (χ0n) is 9.94. The number of hydrogen-bond donors (Lipinski definition) is 0. The Bertz CT molecular complexity index is 558. The van der Waals surface area contributed by atoms with Crippen molar-refractivity contribution in [3.05, 3.63) is 36.4 Å². The molecular formula is C14H14F2N2. The first-order valence-electron chi connectivity index (χ1n) is 6.13. The van der Waals surface area contributed by atoms with E-state index in [4.69, 9.17) is 0 Å². The first-order valence-corrected chi connectivity index (χ1v) is 6.13. The minimum absolute atomic E-state index is 0.0818. The van der Waals surface area contributed by atoms with E-state index >= 15 is 0 Å². The number of alkyl halides is 2. The van der Waals surface area contributed by atoms with Crippen molar-refractivity contribution in [2.45, 2.75) is 18.8 Å². The van der Waals surface area contributed by atoms with E-state index < -0.39 is 5.92 Å². The van der Waals surface area contributed by atoms with Crippen LogP contribution in [0.2, 0.25) is 0 Å². The van der Waals surface area contributed by atoms with Crippen LogP contribution in [0.1, 0.15) is 12.8 Å². The number of para-hydroxylation sites is 1. The monoisotopic (exact) mass is 248 g/mol. The first kappa shape index (κ1) is 11.4. The number of aromatic nitrogens is 1. The standard InChI is InChI=1S/C14H14F2N2/c15-14(16)7-9-18(10-8-14)13-6-5-11-3-1-2-4-12(11)17-13/h1-6H,7-10H2. The topological polar surface area (TPSA) is 16.1 Å². The van der Waals surface area contributed by atoms with E-state index in [9.17, 15) is 8.78 Å². The van der Waals surface area contributed by atoms with Crippen LogP contribution in [0.25, 0.3) is 10.9 Å². The molecule has 0 aliphatic carbocycles. The predicted molar refractivity (Wildman–Crippen MR) is 68.1 cm³/mol. The second-order valence-electron chi connectivity index (χ2n) is 4.71. The lowest BCUT2D eigenvalue weighted by Crippen LogP contribution is -2.39. The van der Waals surface area contributed by atoms with Crippen LogP contribution in [0, 0.1) is 0 Å². The molecule has 18 heavy (non-hydrogen) atoms. The molecule has 3 rings (SSSR count). The maximum Gasteiger partial charge on any atom is 0.251 e. The number of anilines is 1. The third kappa shape index (κ3) is 2.15. The van der Waals surface area contributed by atoms with Crippen LogP contribution in [0.5, 0.6) is 0 Å². The summed E-state index contributed by atoms with van der Waals surface area (Å²) in [5.74, 6) is -1.71. The summed E-state index contributed by atoms with van der Waals surface area (Å²) in [5.41, 5.74) is 0.910. The molecule has 0 radical (unpaired) electrons. The average molecular weight is 248 g/mol. The second-order valence-corrected chi connectivity index (χ2v) is 4.71. The molecule has 2 heterocycles. The molecule has 0 amide bonds. The smallest absolute Gasteiger partial charge is 0.251 e. The number of halogens is 2. The van der Waals surface area contributed by atoms with E-state index in [-0.39, 0.29) is 12.8 Å². The van der Waals surface area contributed by atoms with Crippen molar-refractivity contribution < 1.29 is 8.78 Å². The maximum absolute atomic E-state index is 13.1. The van der Waals surface area contributed by atoms with Crippen molar-refractivity contribution in [2.75, 3.05) is 18.0 Å². The molecule has 1 aromatic carbocycles. The van der Waals surface area contributed by atoms with Gasteiger partial charge in [-0.2, -0.15) is 0 Å². The normalized spacial score (nSPS) is 19.1. The molecule has 2 nitrogen and oxygen atoms in total. The van der Waals surface area contributed by atoms with Crippen molar-refractivity contribution in [1.82, 2.24) is 4.98 Å². The van der Waals surface area contributed by atoms with E-state index in [0.717, 1.165) is 16.7 Å². The Kier molecular flexibility index (Phi) is 2.65. The molecule has 0 N–H and O–H groups in total. The highest BCUT2D eigenvalue weighted by atomic mass is 19.3. The number of nitrogens with zero attached hydrogens (tertiary/aromatic N) is 2. The van der Waals surface area contributed by atoms with Crippen LogP contribution in [-0.4, -0.2) is 24.0 Å². The Hall–Kier alpha value is -1.71. The van der Waals surface area contributed by atoms with Crippen LogP contribution >= 0.6 is 0 Å². The average Bonchev–Trinajstić information content (AvgIpc) is 2.38. The summed E-state index contributed by atoms with van der Waals surface area (Å²) in [5, 5.41) is 1.07. The minimum atomic E-state index is -2.51. The summed E-state index contributed by atoms with van der Waals surface area (Å²) in [7, 11) is 0. The van der Waals surface area contributed by atoms with E-state index in [1.54, 1.807) is 0 Å². The Labute approximate surface area is 104 Å². The summed E-state index contributed by atoms with van der Waals surface area (Å²) in [4.78, 5) is 6.46. The Morgan fingerprint density at radius 3 is 2.50 bits per heavy atom. The lowest BCUT2D eigenvalue weighted by atomic mass is 10.1. The highest BCUT2D eigenvalue weighted by Gasteiger charge is 2.34. The van der Waals surface area contributed by atoms with Crippen molar-refractivity contribution in [2.24, 2.45) is 0 Å². The number of pyridine rings is 1. The van der Waals surface area contributed by atoms with Crippen molar-refractivity contribution in [3.8, 4) is 0 Å². The molecule has 0 unspecified atom stereocenters. The quantitative estimate of drug-likeness (QED) is 0.768. The number of fused-ring (bicyclic) bond motifs is 1. The van der Waals surface area contributed by atoms with Crippen LogP contribution in [0.15, 0.2) is 36.4 Å². The fourth-order valence-corrected chi connectivity index (χ4v) is 2.29. The molecule has 1 saturated heterocycles. The summed E-state index contributed by atoms with van der Waals surface area (Å²) in [6.45, 7) is 0.747. The van der Waals surface area contributed by atoms with Gasteiger partial charge in [0.05, 0.1) is 5.52 Å². The molecule has 1 aliphatic rings. The number of benzene rings is 1. The van der Waals surface area contributed by atoms with Gasteiger partial charge in [0.15, 0.2) is 0 Å². The van der Waals surface area contributed by atoms with Crippen molar-refractivity contribution >= 4 is 16.7 Å². The molecule has 0 spiro atoms. The van der Waals surface area contributed by atoms with Gasteiger partial charge in [0.2, 0.25) is 0 Å². The first-order chi connectivity index (χ1) is 8.64. The number of rotatable bonds is 1. The maximum atomic E-state index is 13.1. The molecule has 0 bridgehead atoms. The van der Waals surface area contributed by atoms with Crippen molar-refractivity contribution in [3.63, 3.8) is 0 Å². The zero-order valence-corrected chi connectivity index (χ0v) is 9.94. The van der Waals surface area contributed by atoms with Gasteiger partial charge in [-0.05, 0) is 18.2 Å². The Morgan fingerprint density at radius 2 is 1.72 bits per heavy atom. The summed E-state index contributed by atoms with van der Waals surface area (Å²) in [6, 6.07) is 11.7. The summed E-state index contributed by atoms with van der Waals surface area (Å²) < 4.78 is 26.2. The van der Waals surface area contributed by atoms with E-state index in [1.165, 1.54) is 0 Å². The van der Waals surface area contributed by atoms with Gasteiger partial charge in [-0.1, -0.05) is 18.2 Å². The minimum Gasteiger partial charge on any atom is -0.356 e. The van der Waals surface area contributed by atoms with Gasteiger partial charge in [-0.25, -0.2) is 13.8 Å². The lowest BCUT2D eigenvalue weighted by molar-refractivity contribution is -0.0221. The van der Waals surface area contributed by atoms with Crippen LogP contribution < -0.4 is 4.90 Å². The molecule has 2 aromatic rings. The van der Waals surface area contributed by atoms with E-state index in [0.29, 0.717) is 13.1 Å². The van der Waals surface area contributed by atoms with Gasteiger partial charge in [0.25, 0.3) is 5.92 Å². The third-order valence-electron chi connectivity index (χ3n) is 3.40. The second kappa shape index (κ2) is 4.19. The van der Waals surface area contributed by atoms with Gasteiger partial charge in [-0.15, -0.1) is 0 Å². The zero-order chi connectivity index (χ0) is 12.6. The summed E-state index contributed by atoms with van der Waals surface area (Å²) >= 11 is 0. The van der Waals surface area contributed by atoms with Crippen molar-refractivity contribution in [1.29, 1.82) is 0 Å². The molecule has 1 aliphatic heterocycles. The summed E-state index contributed by atoms with van der Waals surface area (Å²) in [6.07, 6.45) is -0.164.